The smallest absolute Gasteiger partial charge is 0.348 e. The Labute approximate surface area is 95.3 Å². The van der Waals surface area contributed by atoms with Gasteiger partial charge in [-0.15, -0.1) is 0 Å². The molecule has 4 heteroatoms. The van der Waals surface area contributed by atoms with E-state index in [0.717, 1.165) is 18.9 Å². The summed E-state index contributed by atoms with van der Waals surface area (Å²) in [7, 11) is 0. The third-order valence-corrected chi connectivity index (χ3v) is 3.66. The molecular weight excluding hydrogens is 208 g/mol. The topological polar surface area (TPSA) is 63.6 Å². The Bertz CT molecular complexity index is 310. The third kappa shape index (κ3) is 1.96. The minimum absolute atomic E-state index is 0.154. The van der Waals surface area contributed by atoms with Gasteiger partial charge in [0.05, 0.1) is 0 Å². The Kier molecular flexibility index (Phi) is 3.73. The van der Waals surface area contributed by atoms with Gasteiger partial charge in [-0.2, -0.15) is 0 Å². The molecule has 3 atom stereocenters. The van der Waals surface area contributed by atoms with Crippen molar-refractivity contribution >= 4 is 11.9 Å². The molecule has 1 aliphatic rings. The number of carboxylic acids is 1. The normalized spacial score (nSPS) is 33.4. The number of hydrogen-bond donors (Lipinski definition) is 1. The highest BCUT2D eigenvalue weighted by Crippen LogP contribution is 2.44. The summed E-state index contributed by atoms with van der Waals surface area (Å²) in [4.78, 5) is 22.5. The SMILES string of the molecule is C=CC(=O)O[C@]1(C(=O)O)CCC(CC)C1C. The van der Waals surface area contributed by atoms with Gasteiger partial charge in [0.25, 0.3) is 0 Å². The highest BCUT2D eigenvalue weighted by Gasteiger charge is 2.54. The van der Waals surface area contributed by atoms with Crippen molar-refractivity contribution in [2.24, 2.45) is 11.8 Å². The third-order valence-electron chi connectivity index (χ3n) is 3.66. The van der Waals surface area contributed by atoms with E-state index in [0.29, 0.717) is 12.3 Å². The molecule has 2 unspecified atom stereocenters. The Balaban J connectivity index is 2.95. The molecule has 0 aromatic heterocycles. The maximum Gasteiger partial charge on any atom is 0.348 e. The Morgan fingerprint density at radius 3 is 2.62 bits per heavy atom. The van der Waals surface area contributed by atoms with Crippen molar-refractivity contribution in [3.05, 3.63) is 12.7 Å². The second kappa shape index (κ2) is 4.68. The quantitative estimate of drug-likeness (QED) is 0.588. The summed E-state index contributed by atoms with van der Waals surface area (Å²) >= 11 is 0. The van der Waals surface area contributed by atoms with Crippen LogP contribution in [-0.2, 0) is 14.3 Å². The summed E-state index contributed by atoms with van der Waals surface area (Å²) in [6, 6.07) is 0. The van der Waals surface area contributed by atoms with Crippen molar-refractivity contribution in [1.82, 2.24) is 0 Å². The van der Waals surface area contributed by atoms with E-state index in [1.807, 2.05) is 13.8 Å². The largest absolute Gasteiger partial charge is 0.478 e. The molecule has 0 saturated heterocycles. The highest BCUT2D eigenvalue weighted by atomic mass is 16.6. The Morgan fingerprint density at radius 1 is 1.62 bits per heavy atom. The fourth-order valence-corrected chi connectivity index (χ4v) is 2.53. The summed E-state index contributed by atoms with van der Waals surface area (Å²) in [5.74, 6) is -1.57. The lowest BCUT2D eigenvalue weighted by Gasteiger charge is -2.30. The molecule has 0 heterocycles. The second-order valence-corrected chi connectivity index (χ2v) is 4.32. The molecule has 0 radical (unpaired) electrons. The van der Waals surface area contributed by atoms with Crippen LogP contribution >= 0.6 is 0 Å². The van der Waals surface area contributed by atoms with Crippen molar-refractivity contribution < 1.29 is 19.4 Å². The first-order chi connectivity index (χ1) is 7.47. The number of carbonyl (C=O) groups is 2. The molecule has 1 aliphatic carbocycles. The van der Waals surface area contributed by atoms with Gasteiger partial charge in [0, 0.05) is 12.0 Å². The van der Waals surface area contributed by atoms with E-state index in [9.17, 15) is 14.7 Å². The number of esters is 1. The van der Waals surface area contributed by atoms with Crippen molar-refractivity contribution in [2.75, 3.05) is 0 Å². The Morgan fingerprint density at radius 2 is 2.25 bits per heavy atom. The number of aliphatic carboxylic acids is 1. The fraction of sp³-hybridized carbons (Fsp3) is 0.667. The highest BCUT2D eigenvalue weighted by molar-refractivity contribution is 5.87. The van der Waals surface area contributed by atoms with Crippen LogP contribution in [0.15, 0.2) is 12.7 Å². The van der Waals surface area contributed by atoms with E-state index in [1.54, 1.807) is 0 Å². The van der Waals surface area contributed by atoms with E-state index in [4.69, 9.17) is 4.74 Å². The van der Waals surface area contributed by atoms with Crippen LogP contribution in [0.5, 0.6) is 0 Å². The summed E-state index contributed by atoms with van der Waals surface area (Å²) in [5, 5.41) is 9.28. The van der Waals surface area contributed by atoms with Gasteiger partial charge in [-0.25, -0.2) is 9.59 Å². The summed E-state index contributed by atoms with van der Waals surface area (Å²) < 4.78 is 5.10. The van der Waals surface area contributed by atoms with Crippen LogP contribution < -0.4 is 0 Å². The summed E-state index contributed by atoms with van der Waals surface area (Å²) in [6.45, 7) is 7.15. The summed E-state index contributed by atoms with van der Waals surface area (Å²) in [5.41, 5.74) is -1.36. The van der Waals surface area contributed by atoms with Gasteiger partial charge >= 0.3 is 11.9 Å². The van der Waals surface area contributed by atoms with Crippen LogP contribution in [0.4, 0.5) is 0 Å². The molecule has 16 heavy (non-hydrogen) atoms. The molecule has 1 fully saturated rings. The molecule has 0 bridgehead atoms. The number of hydrogen-bond acceptors (Lipinski definition) is 3. The van der Waals surface area contributed by atoms with Crippen LogP contribution in [0.3, 0.4) is 0 Å². The monoisotopic (exact) mass is 226 g/mol. The van der Waals surface area contributed by atoms with E-state index in [-0.39, 0.29) is 5.92 Å². The molecule has 1 rings (SSSR count). The summed E-state index contributed by atoms with van der Waals surface area (Å²) in [6.07, 6.45) is 3.09. The average Bonchev–Trinajstić information content (AvgIpc) is 2.57. The minimum Gasteiger partial charge on any atom is -0.478 e. The van der Waals surface area contributed by atoms with E-state index >= 15 is 0 Å². The number of carboxylic acid groups (broad SMARTS) is 1. The molecule has 1 saturated carbocycles. The molecule has 1 N–H and O–H groups in total. The number of ether oxygens (including phenoxy) is 1. The van der Waals surface area contributed by atoms with Crippen LogP contribution in [0.1, 0.15) is 33.1 Å². The fourth-order valence-electron chi connectivity index (χ4n) is 2.53. The zero-order chi connectivity index (χ0) is 12.3. The molecule has 0 aliphatic heterocycles. The zero-order valence-electron chi connectivity index (χ0n) is 9.73. The van der Waals surface area contributed by atoms with Crippen molar-refractivity contribution in [3.8, 4) is 0 Å². The molecule has 0 aromatic carbocycles. The lowest BCUT2D eigenvalue weighted by atomic mass is 9.86. The van der Waals surface area contributed by atoms with Crippen molar-refractivity contribution in [3.63, 3.8) is 0 Å². The van der Waals surface area contributed by atoms with Gasteiger partial charge in [0.2, 0.25) is 5.60 Å². The zero-order valence-corrected chi connectivity index (χ0v) is 9.73. The molecule has 4 nitrogen and oxygen atoms in total. The van der Waals surface area contributed by atoms with Crippen LogP contribution in [0.2, 0.25) is 0 Å². The number of carbonyl (C=O) groups excluding carboxylic acids is 1. The minimum atomic E-state index is -1.36. The lowest BCUT2D eigenvalue weighted by Crippen LogP contribution is -2.46. The van der Waals surface area contributed by atoms with Crippen LogP contribution in [0, 0.1) is 11.8 Å². The van der Waals surface area contributed by atoms with Gasteiger partial charge in [0.1, 0.15) is 0 Å². The molecule has 90 valence electrons. The first-order valence-electron chi connectivity index (χ1n) is 5.56. The average molecular weight is 226 g/mol. The van der Waals surface area contributed by atoms with Gasteiger partial charge < -0.3 is 9.84 Å². The predicted octanol–water partition coefficient (Wildman–Crippen LogP) is 2.00. The lowest BCUT2D eigenvalue weighted by molar-refractivity contribution is -0.180. The van der Waals surface area contributed by atoms with Crippen molar-refractivity contribution in [1.29, 1.82) is 0 Å². The standard InChI is InChI=1S/C12H18O4/c1-4-9-6-7-12(8(9)3,11(14)15)16-10(13)5-2/h5,8-9H,2,4,6-7H2,1,3H3,(H,14,15)/t8?,9?,12-/m1/s1. The van der Waals surface area contributed by atoms with Crippen LogP contribution in [0.25, 0.3) is 0 Å². The number of rotatable bonds is 4. The maximum atomic E-state index is 11.3. The van der Waals surface area contributed by atoms with Crippen LogP contribution in [-0.4, -0.2) is 22.6 Å². The first kappa shape index (κ1) is 12.7. The molecule has 0 aromatic rings. The van der Waals surface area contributed by atoms with Gasteiger partial charge in [-0.05, 0) is 18.8 Å². The van der Waals surface area contributed by atoms with Gasteiger partial charge in [-0.1, -0.05) is 26.8 Å². The van der Waals surface area contributed by atoms with E-state index < -0.39 is 17.5 Å². The van der Waals surface area contributed by atoms with E-state index in [2.05, 4.69) is 6.58 Å². The van der Waals surface area contributed by atoms with Gasteiger partial charge in [-0.3, -0.25) is 0 Å². The van der Waals surface area contributed by atoms with E-state index in [1.165, 1.54) is 0 Å². The molecule has 0 spiro atoms. The predicted molar refractivity (Wildman–Crippen MR) is 58.8 cm³/mol. The maximum absolute atomic E-state index is 11.3. The Hall–Kier alpha value is -1.32. The molecular formula is C12H18O4. The second-order valence-electron chi connectivity index (χ2n) is 4.32. The van der Waals surface area contributed by atoms with Gasteiger partial charge in [0.15, 0.2) is 0 Å². The molecule has 0 amide bonds. The van der Waals surface area contributed by atoms with Crippen molar-refractivity contribution in [2.45, 2.75) is 38.7 Å². The first-order valence-corrected chi connectivity index (χ1v) is 5.56.